The van der Waals surface area contributed by atoms with Crippen molar-refractivity contribution in [2.75, 3.05) is 32.9 Å². The first kappa shape index (κ1) is 15.7. The summed E-state index contributed by atoms with van der Waals surface area (Å²) in [6.45, 7) is 2.66. The summed E-state index contributed by atoms with van der Waals surface area (Å²) < 4.78 is 0. The van der Waals surface area contributed by atoms with Gasteiger partial charge in [0.25, 0.3) is 5.91 Å². The van der Waals surface area contributed by atoms with E-state index in [1.807, 2.05) is 6.92 Å². The van der Waals surface area contributed by atoms with E-state index in [9.17, 15) is 9.59 Å². The van der Waals surface area contributed by atoms with Crippen LogP contribution in [-0.4, -0.2) is 49.0 Å². The Morgan fingerprint density at radius 1 is 1.25 bits per heavy atom. The van der Waals surface area contributed by atoms with E-state index in [4.69, 9.17) is 5.73 Å². The van der Waals surface area contributed by atoms with Crippen molar-refractivity contribution >= 4 is 17.8 Å². The fraction of sp³-hybridized carbons (Fsp3) is 0.462. The van der Waals surface area contributed by atoms with Crippen molar-refractivity contribution in [3.05, 3.63) is 23.4 Å². The van der Waals surface area contributed by atoms with E-state index in [-0.39, 0.29) is 11.9 Å². The third-order valence-corrected chi connectivity index (χ3v) is 2.62. The van der Waals surface area contributed by atoms with Gasteiger partial charge in [-0.15, -0.1) is 0 Å². The maximum Gasteiger partial charge on any atom is 0.316 e. The Balaban J connectivity index is 2.47. The van der Waals surface area contributed by atoms with Crippen molar-refractivity contribution < 1.29 is 9.59 Å². The monoisotopic (exact) mass is 279 g/mol. The summed E-state index contributed by atoms with van der Waals surface area (Å²) in [5.41, 5.74) is 6.90. The Labute approximate surface area is 118 Å². The van der Waals surface area contributed by atoms with Crippen molar-refractivity contribution in [2.45, 2.75) is 13.3 Å². The van der Waals surface area contributed by atoms with Gasteiger partial charge in [-0.2, -0.15) is 0 Å². The summed E-state index contributed by atoms with van der Waals surface area (Å²) in [5, 5.41) is 5.37. The Hall–Kier alpha value is -2.31. The Bertz CT molecular complexity index is 488. The molecule has 1 aromatic rings. The molecule has 1 rings (SSSR count). The number of carbonyl (C=O) groups is 2. The van der Waals surface area contributed by atoms with Crippen molar-refractivity contribution in [1.82, 2.24) is 20.5 Å². The third kappa shape index (κ3) is 4.75. The predicted molar refractivity (Wildman–Crippen MR) is 77.4 cm³/mol. The zero-order valence-corrected chi connectivity index (χ0v) is 12.1. The Morgan fingerprint density at radius 3 is 2.50 bits per heavy atom. The molecule has 0 spiro atoms. The van der Waals surface area contributed by atoms with Crippen molar-refractivity contribution in [1.29, 1.82) is 0 Å². The molecular weight excluding hydrogens is 258 g/mol. The number of nitrogens with two attached hydrogens (primary N) is 1. The highest BCUT2D eigenvalue weighted by Gasteiger charge is 2.08. The molecule has 0 bridgehead atoms. The molecule has 0 aliphatic heterocycles. The van der Waals surface area contributed by atoms with E-state index in [1.165, 1.54) is 11.0 Å². The zero-order chi connectivity index (χ0) is 15.1. The van der Waals surface area contributed by atoms with Crippen LogP contribution in [0.25, 0.3) is 0 Å². The fourth-order valence-electron chi connectivity index (χ4n) is 1.53. The third-order valence-electron chi connectivity index (χ3n) is 2.62. The lowest BCUT2D eigenvalue weighted by molar-refractivity contribution is 0.0953. The van der Waals surface area contributed by atoms with E-state index in [1.54, 1.807) is 20.2 Å². The number of nitrogens with one attached hydrogen (secondary N) is 2. The number of amides is 3. The molecule has 7 heteroatoms. The Kier molecular flexibility index (Phi) is 5.76. The van der Waals surface area contributed by atoms with Gasteiger partial charge in [-0.05, 0) is 18.6 Å². The second-order valence-electron chi connectivity index (χ2n) is 4.51. The van der Waals surface area contributed by atoms with Crippen molar-refractivity contribution in [3.63, 3.8) is 0 Å². The summed E-state index contributed by atoms with van der Waals surface area (Å²) >= 11 is 0. The molecule has 3 amide bonds. The van der Waals surface area contributed by atoms with Gasteiger partial charge in [0, 0.05) is 38.4 Å². The molecule has 0 unspecified atom stereocenters. The molecule has 0 saturated carbocycles. The van der Waals surface area contributed by atoms with Crippen LogP contribution in [0.5, 0.6) is 0 Å². The maximum atomic E-state index is 11.9. The molecule has 0 atom stereocenters. The number of aromatic nitrogens is 1. The highest BCUT2D eigenvalue weighted by atomic mass is 16.2. The summed E-state index contributed by atoms with van der Waals surface area (Å²) in [5.74, 6) is 0.100. The van der Waals surface area contributed by atoms with Crippen LogP contribution < -0.4 is 16.4 Å². The molecule has 0 fully saturated rings. The molecule has 0 saturated heterocycles. The largest absolute Gasteiger partial charge is 0.384 e. The van der Waals surface area contributed by atoms with Crippen LogP contribution in [0.3, 0.4) is 0 Å². The maximum absolute atomic E-state index is 11.9. The van der Waals surface area contributed by atoms with Gasteiger partial charge in [-0.1, -0.05) is 6.92 Å². The molecule has 0 aliphatic carbocycles. The Morgan fingerprint density at radius 2 is 1.90 bits per heavy atom. The minimum Gasteiger partial charge on any atom is -0.384 e. The smallest absolute Gasteiger partial charge is 0.316 e. The lowest BCUT2D eigenvalue weighted by Crippen LogP contribution is -2.39. The lowest BCUT2D eigenvalue weighted by Gasteiger charge is -2.12. The lowest BCUT2D eigenvalue weighted by atomic mass is 10.2. The van der Waals surface area contributed by atoms with Gasteiger partial charge in [0.2, 0.25) is 0 Å². The molecule has 0 aromatic carbocycles. The molecule has 0 aliphatic rings. The SMILES string of the molecule is CCc1cc(C(=O)NCCNC(=O)N(C)C)cc(N)n1. The first-order valence-corrected chi connectivity index (χ1v) is 6.43. The average Bonchev–Trinajstić information content (AvgIpc) is 2.42. The van der Waals surface area contributed by atoms with Crippen LogP contribution >= 0.6 is 0 Å². The number of aryl methyl sites for hydroxylation is 1. The van der Waals surface area contributed by atoms with E-state index in [2.05, 4.69) is 15.6 Å². The number of hydrogen-bond acceptors (Lipinski definition) is 4. The predicted octanol–water partition coefficient (Wildman–Crippen LogP) is 0.227. The molecule has 1 heterocycles. The topological polar surface area (TPSA) is 100 Å². The van der Waals surface area contributed by atoms with Crippen LogP contribution in [0.1, 0.15) is 23.0 Å². The molecule has 7 nitrogen and oxygen atoms in total. The first-order valence-electron chi connectivity index (χ1n) is 6.43. The standard InChI is InChI=1S/C13H21N5O2/c1-4-10-7-9(8-11(14)17-10)12(19)15-5-6-16-13(20)18(2)3/h7-8H,4-6H2,1-3H3,(H2,14,17)(H,15,19)(H,16,20). The minimum absolute atomic E-state index is 0.194. The van der Waals surface area contributed by atoms with Crippen molar-refractivity contribution in [3.8, 4) is 0 Å². The molecule has 110 valence electrons. The van der Waals surface area contributed by atoms with Gasteiger partial charge in [-0.3, -0.25) is 4.79 Å². The highest BCUT2D eigenvalue weighted by molar-refractivity contribution is 5.94. The second kappa shape index (κ2) is 7.32. The van der Waals surface area contributed by atoms with Gasteiger partial charge in [0.15, 0.2) is 0 Å². The average molecular weight is 279 g/mol. The van der Waals surface area contributed by atoms with Crippen LogP contribution in [0.4, 0.5) is 10.6 Å². The molecule has 0 radical (unpaired) electrons. The van der Waals surface area contributed by atoms with E-state index >= 15 is 0 Å². The van der Waals surface area contributed by atoms with E-state index in [0.29, 0.717) is 30.9 Å². The van der Waals surface area contributed by atoms with Crippen LogP contribution in [0, 0.1) is 0 Å². The van der Waals surface area contributed by atoms with E-state index in [0.717, 1.165) is 5.69 Å². The number of nitrogen functional groups attached to an aromatic ring is 1. The summed E-state index contributed by atoms with van der Waals surface area (Å²) in [7, 11) is 3.31. The van der Waals surface area contributed by atoms with Gasteiger partial charge < -0.3 is 21.3 Å². The number of nitrogens with zero attached hydrogens (tertiary/aromatic N) is 2. The molecule has 4 N–H and O–H groups in total. The quantitative estimate of drug-likeness (QED) is 0.671. The number of urea groups is 1. The zero-order valence-electron chi connectivity index (χ0n) is 12.1. The summed E-state index contributed by atoms with van der Waals surface area (Å²) in [6.07, 6.45) is 0.713. The van der Waals surface area contributed by atoms with Gasteiger partial charge in [0.1, 0.15) is 5.82 Å². The number of rotatable bonds is 5. The number of carbonyl (C=O) groups excluding carboxylic acids is 2. The summed E-state index contributed by atoms with van der Waals surface area (Å²) in [4.78, 5) is 28.7. The second-order valence-corrected chi connectivity index (χ2v) is 4.51. The summed E-state index contributed by atoms with van der Waals surface area (Å²) in [6, 6.07) is 3.05. The first-order chi connectivity index (χ1) is 9.43. The minimum atomic E-state index is -0.229. The van der Waals surface area contributed by atoms with Crippen LogP contribution in [-0.2, 0) is 6.42 Å². The molecule has 1 aromatic heterocycles. The number of anilines is 1. The molecular formula is C13H21N5O2. The number of hydrogen-bond donors (Lipinski definition) is 3. The normalized spacial score (nSPS) is 9.95. The fourth-order valence-corrected chi connectivity index (χ4v) is 1.53. The van der Waals surface area contributed by atoms with Gasteiger partial charge >= 0.3 is 6.03 Å². The molecule has 20 heavy (non-hydrogen) atoms. The van der Waals surface area contributed by atoms with E-state index < -0.39 is 0 Å². The number of pyridine rings is 1. The highest BCUT2D eigenvalue weighted by Crippen LogP contribution is 2.08. The van der Waals surface area contributed by atoms with Crippen LogP contribution in [0.2, 0.25) is 0 Å². The van der Waals surface area contributed by atoms with Gasteiger partial charge in [0.05, 0.1) is 0 Å². The van der Waals surface area contributed by atoms with Gasteiger partial charge in [-0.25, -0.2) is 9.78 Å². The van der Waals surface area contributed by atoms with Crippen molar-refractivity contribution in [2.24, 2.45) is 0 Å². The van der Waals surface area contributed by atoms with Crippen LogP contribution in [0.15, 0.2) is 12.1 Å².